The number of rotatable bonds is 5. The molecule has 0 fully saturated rings. The predicted octanol–water partition coefficient (Wildman–Crippen LogP) is 4.02. The minimum atomic E-state index is -0.486. The molecule has 1 amide bonds. The highest BCUT2D eigenvalue weighted by Gasteiger charge is 2.15. The van der Waals surface area contributed by atoms with E-state index in [4.69, 9.17) is 0 Å². The Morgan fingerprint density at radius 3 is 2.55 bits per heavy atom. The first-order chi connectivity index (χ1) is 10.5. The normalized spacial score (nSPS) is 11.7. The zero-order valence-corrected chi connectivity index (χ0v) is 13.1. The lowest BCUT2D eigenvalue weighted by Gasteiger charge is -2.12. The van der Waals surface area contributed by atoms with Crippen molar-refractivity contribution in [2.24, 2.45) is 0 Å². The number of nitro benzene ring substituents is 1. The highest BCUT2D eigenvalue weighted by atomic mass is 32.2. The van der Waals surface area contributed by atoms with Crippen LogP contribution in [0.2, 0.25) is 0 Å². The van der Waals surface area contributed by atoms with Gasteiger partial charge in [0, 0.05) is 22.7 Å². The van der Waals surface area contributed by atoms with Crippen LogP contribution < -0.4 is 5.32 Å². The first-order valence-electron chi connectivity index (χ1n) is 6.74. The number of nitro groups is 1. The lowest BCUT2D eigenvalue weighted by molar-refractivity contribution is -0.384. The van der Waals surface area contributed by atoms with Gasteiger partial charge in [-0.3, -0.25) is 14.9 Å². The smallest absolute Gasteiger partial charge is 0.271 e. The molecule has 0 heterocycles. The van der Waals surface area contributed by atoms with E-state index >= 15 is 0 Å². The molecule has 1 atom stereocenters. The molecule has 114 valence electrons. The number of carbonyl (C=O) groups is 1. The van der Waals surface area contributed by atoms with Gasteiger partial charge < -0.3 is 5.32 Å². The fourth-order valence-electron chi connectivity index (χ4n) is 1.82. The van der Waals surface area contributed by atoms with E-state index in [2.05, 4.69) is 5.32 Å². The van der Waals surface area contributed by atoms with Crippen LogP contribution in [-0.2, 0) is 4.79 Å². The lowest BCUT2D eigenvalue weighted by Crippen LogP contribution is -2.22. The van der Waals surface area contributed by atoms with Gasteiger partial charge in [-0.1, -0.05) is 23.8 Å². The van der Waals surface area contributed by atoms with E-state index in [1.165, 1.54) is 23.9 Å². The molecule has 0 radical (unpaired) electrons. The maximum Gasteiger partial charge on any atom is 0.271 e. The van der Waals surface area contributed by atoms with Gasteiger partial charge in [0.2, 0.25) is 5.91 Å². The molecule has 6 heteroatoms. The van der Waals surface area contributed by atoms with Crippen molar-refractivity contribution in [3.8, 4) is 0 Å². The molecular weight excluding hydrogens is 300 g/mol. The van der Waals surface area contributed by atoms with Crippen LogP contribution in [0.3, 0.4) is 0 Å². The number of amides is 1. The molecule has 1 unspecified atom stereocenters. The van der Waals surface area contributed by atoms with E-state index in [1.54, 1.807) is 19.1 Å². The summed E-state index contributed by atoms with van der Waals surface area (Å²) in [4.78, 5) is 23.4. The van der Waals surface area contributed by atoms with Crippen LogP contribution in [-0.4, -0.2) is 16.1 Å². The van der Waals surface area contributed by atoms with Gasteiger partial charge in [-0.05, 0) is 32.0 Å². The summed E-state index contributed by atoms with van der Waals surface area (Å²) >= 11 is 1.44. The number of hydrogen-bond donors (Lipinski definition) is 1. The second kappa shape index (κ2) is 7.09. The first kappa shape index (κ1) is 16.0. The number of thioether (sulfide) groups is 1. The van der Waals surface area contributed by atoms with Gasteiger partial charge in [-0.2, -0.15) is 0 Å². The zero-order chi connectivity index (χ0) is 16.1. The van der Waals surface area contributed by atoms with Crippen molar-refractivity contribution in [1.82, 2.24) is 0 Å². The van der Waals surface area contributed by atoms with Gasteiger partial charge in [0.15, 0.2) is 0 Å². The van der Waals surface area contributed by atoms with Crippen LogP contribution in [0.5, 0.6) is 0 Å². The maximum atomic E-state index is 12.2. The Bertz CT molecular complexity index is 686. The van der Waals surface area contributed by atoms with Crippen LogP contribution in [0.4, 0.5) is 11.4 Å². The van der Waals surface area contributed by atoms with Gasteiger partial charge >= 0.3 is 0 Å². The molecule has 0 aliphatic heterocycles. The topological polar surface area (TPSA) is 72.2 Å². The summed E-state index contributed by atoms with van der Waals surface area (Å²) in [5.74, 6) is -0.189. The number of benzene rings is 2. The molecular formula is C16H16N2O3S. The lowest BCUT2D eigenvalue weighted by atomic mass is 10.2. The Kier molecular flexibility index (Phi) is 5.16. The van der Waals surface area contributed by atoms with E-state index in [-0.39, 0.29) is 16.8 Å². The van der Waals surface area contributed by atoms with Crippen molar-refractivity contribution in [2.45, 2.75) is 24.0 Å². The summed E-state index contributed by atoms with van der Waals surface area (Å²) in [7, 11) is 0. The van der Waals surface area contributed by atoms with Gasteiger partial charge in [0.05, 0.1) is 10.2 Å². The van der Waals surface area contributed by atoms with Crippen LogP contribution in [0.15, 0.2) is 53.4 Å². The van der Waals surface area contributed by atoms with Gasteiger partial charge in [0.25, 0.3) is 5.69 Å². The number of carbonyl (C=O) groups excluding carboxylic acids is 1. The molecule has 0 aromatic heterocycles. The molecule has 5 nitrogen and oxygen atoms in total. The van der Waals surface area contributed by atoms with E-state index in [1.807, 2.05) is 31.2 Å². The van der Waals surface area contributed by atoms with E-state index < -0.39 is 4.92 Å². The number of non-ortho nitro benzene ring substituents is 1. The second-order valence-corrected chi connectivity index (χ2v) is 6.28. The third-order valence-electron chi connectivity index (χ3n) is 3.03. The third kappa shape index (κ3) is 4.33. The number of nitrogens with zero attached hydrogens (tertiary/aromatic N) is 1. The SMILES string of the molecule is Cc1ccc(SC(C)C(=O)Nc2cccc([N+](=O)[O-])c2)cc1. The van der Waals surface area contributed by atoms with Crippen LogP contribution in [0, 0.1) is 17.0 Å². The molecule has 2 rings (SSSR count). The van der Waals surface area contributed by atoms with Crippen LogP contribution in [0.25, 0.3) is 0 Å². The van der Waals surface area contributed by atoms with Gasteiger partial charge in [-0.15, -0.1) is 11.8 Å². The Morgan fingerprint density at radius 1 is 1.23 bits per heavy atom. The highest BCUT2D eigenvalue weighted by molar-refractivity contribution is 8.00. The minimum absolute atomic E-state index is 0.0448. The predicted molar refractivity (Wildman–Crippen MR) is 88.2 cm³/mol. The monoisotopic (exact) mass is 316 g/mol. The standard InChI is InChI=1S/C16H16N2O3S/c1-11-6-8-15(9-7-11)22-12(2)16(19)17-13-4-3-5-14(10-13)18(20)21/h3-10,12H,1-2H3,(H,17,19). The average Bonchev–Trinajstić information content (AvgIpc) is 2.49. The summed E-state index contributed by atoms with van der Waals surface area (Å²) in [6.07, 6.45) is 0. The summed E-state index contributed by atoms with van der Waals surface area (Å²) in [5.41, 5.74) is 1.55. The first-order valence-corrected chi connectivity index (χ1v) is 7.62. The van der Waals surface area contributed by atoms with Crippen molar-refractivity contribution in [3.63, 3.8) is 0 Å². The molecule has 0 spiro atoms. The summed E-state index contributed by atoms with van der Waals surface area (Å²) < 4.78 is 0. The average molecular weight is 316 g/mol. The Labute approximate surface area is 132 Å². The molecule has 22 heavy (non-hydrogen) atoms. The molecule has 0 aliphatic carbocycles. The largest absolute Gasteiger partial charge is 0.325 e. The van der Waals surface area contributed by atoms with E-state index in [0.717, 1.165) is 10.5 Å². The summed E-state index contributed by atoms with van der Waals surface area (Å²) in [5, 5.41) is 13.1. The van der Waals surface area contributed by atoms with Crippen molar-refractivity contribution >= 4 is 29.0 Å². The van der Waals surface area contributed by atoms with Crippen molar-refractivity contribution in [1.29, 1.82) is 0 Å². The van der Waals surface area contributed by atoms with E-state index in [9.17, 15) is 14.9 Å². The second-order valence-electron chi connectivity index (χ2n) is 4.87. The molecule has 2 aromatic carbocycles. The third-order valence-corrected chi connectivity index (χ3v) is 4.14. The Hall–Kier alpha value is -2.34. The fraction of sp³-hybridized carbons (Fsp3) is 0.188. The quantitative estimate of drug-likeness (QED) is 0.513. The fourth-order valence-corrected chi connectivity index (χ4v) is 2.68. The Balaban J connectivity index is 2.00. The minimum Gasteiger partial charge on any atom is -0.325 e. The zero-order valence-electron chi connectivity index (χ0n) is 12.3. The summed E-state index contributed by atoms with van der Waals surface area (Å²) in [6.45, 7) is 3.81. The number of nitrogens with one attached hydrogen (secondary N) is 1. The van der Waals surface area contributed by atoms with Crippen molar-refractivity contribution in [3.05, 3.63) is 64.2 Å². The number of aryl methyl sites for hydroxylation is 1. The molecule has 0 bridgehead atoms. The van der Waals surface area contributed by atoms with Crippen molar-refractivity contribution < 1.29 is 9.72 Å². The molecule has 0 saturated carbocycles. The molecule has 0 aliphatic rings. The van der Waals surface area contributed by atoms with Crippen molar-refractivity contribution in [2.75, 3.05) is 5.32 Å². The molecule has 1 N–H and O–H groups in total. The van der Waals surface area contributed by atoms with Crippen LogP contribution in [0.1, 0.15) is 12.5 Å². The summed E-state index contributed by atoms with van der Waals surface area (Å²) in [6, 6.07) is 13.8. The van der Waals surface area contributed by atoms with Gasteiger partial charge in [-0.25, -0.2) is 0 Å². The Morgan fingerprint density at radius 2 is 1.91 bits per heavy atom. The van der Waals surface area contributed by atoms with Crippen LogP contribution >= 0.6 is 11.8 Å². The maximum absolute atomic E-state index is 12.2. The number of anilines is 1. The molecule has 0 saturated heterocycles. The van der Waals surface area contributed by atoms with E-state index in [0.29, 0.717) is 5.69 Å². The molecule has 2 aromatic rings. The number of hydrogen-bond acceptors (Lipinski definition) is 4. The van der Waals surface area contributed by atoms with Gasteiger partial charge in [0.1, 0.15) is 0 Å². The highest BCUT2D eigenvalue weighted by Crippen LogP contribution is 2.25.